The van der Waals surface area contributed by atoms with Crippen LogP contribution in [0.5, 0.6) is 0 Å². The Morgan fingerprint density at radius 3 is 2.54 bits per heavy atom. The maximum Gasteiger partial charge on any atom is 0.264 e. The summed E-state index contributed by atoms with van der Waals surface area (Å²) in [6.07, 6.45) is 5.07. The molecule has 0 spiro atoms. The molecule has 4 heterocycles. The number of carbonyl (C=O) groups is 1. The lowest BCUT2D eigenvalue weighted by atomic mass is 10.1. The van der Waals surface area contributed by atoms with Gasteiger partial charge in [-0.05, 0) is 38.3 Å². The van der Waals surface area contributed by atoms with E-state index in [2.05, 4.69) is 33.6 Å². The van der Waals surface area contributed by atoms with Crippen LogP contribution >= 0.6 is 11.3 Å². The molecule has 26 heavy (non-hydrogen) atoms. The first-order chi connectivity index (χ1) is 12.7. The summed E-state index contributed by atoms with van der Waals surface area (Å²) in [6, 6.07) is 0. The maximum absolute atomic E-state index is 12.9. The van der Waals surface area contributed by atoms with Gasteiger partial charge in [-0.15, -0.1) is 11.3 Å². The molecule has 2 aromatic rings. The predicted molar refractivity (Wildman–Crippen MR) is 106 cm³/mol. The molecule has 0 unspecified atom stereocenters. The summed E-state index contributed by atoms with van der Waals surface area (Å²) in [5.74, 6) is 1.17. The van der Waals surface area contributed by atoms with Gasteiger partial charge in [-0.25, -0.2) is 9.97 Å². The summed E-state index contributed by atoms with van der Waals surface area (Å²) in [6.45, 7) is 11.3. The second kappa shape index (κ2) is 7.48. The highest BCUT2D eigenvalue weighted by Gasteiger charge is 2.27. The summed E-state index contributed by atoms with van der Waals surface area (Å²) in [4.78, 5) is 30.6. The SMILES string of the molecule is CCCN1CCN(c2ncnc3sc(C(=O)N4CCCC4)c(C)c23)CC1. The van der Waals surface area contributed by atoms with Crippen LogP contribution in [0.15, 0.2) is 6.33 Å². The van der Waals surface area contributed by atoms with Crippen molar-refractivity contribution in [3.63, 3.8) is 0 Å². The van der Waals surface area contributed by atoms with Crippen LogP contribution in [0.4, 0.5) is 5.82 Å². The minimum atomic E-state index is 0.168. The Bertz CT molecular complexity index is 791. The second-order valence-electron chi connectivity index (χ2n) is 7.26. The maximum atomic E-state index is 12.9. The molecular weight excluding hydrogens is 346 g/mol. The molecule has 0 bridgehead atoms. The second-order valence-corrected chi connectivity index (χ2v) is 8.26. The van der Waals surface area contributed by atoms with Crippen molar-refractivity contribution in [2.24, 2.45) is 0 Å². The topological polar surface area (TPSA) is 52.6 Å². The van der Waals surface area contributed by atoms with Gasteiger partial charge in [0.05, 0.1) is 10.3 Å². The van der Waals surface area contributed by atoms with Crippen LogP contribution in [0, 0.1) is 6.92 Å². The molecule has 2 aromatic heterocycles. The Morgan fingerprint density at radius 1 is 1.12 bits per heavy atom. The number of anilines is 1. The van der Waals surface area contributed by atoms with E-state index < -0.39 is 0 Å². The van der Waals surface area contributed by atoms with Gasteiger partial charge < -0.3 is 9.80 Å². The molecule has 2 fully saturated rings. The van der Waals surface area contributed by atoms with E-state index in [-0.39, 0.29) is 5.91 Å². The third kappa shape index (κ3) is 3.18. The lowest BCUT2D eigenvalue weighted by Crippen LogP contribution is -2.46. The molecule has 140 valence electrons. The largest absolute Gasteiger partial charge is 0.353 e. The highest BCUT2D eigenvalue weighted by atomic mass is 32.1. The van der Waals surface area contributed by atoms with Crippen molar-refractivity contribution in [3.05, 3.63) is 16.8 Å². The molecule has 0 aromatic carbocycles. The lowest BCUT2D eigenvalue weighted by Gasteiger charge is -2.35. The number of fused-ring (bicyclic) bond motifs is 1. The van der Waals surface area contributed by atoms with Gasteiger partial charge >= 0.3 is 0 Å². The molecule has 0 saturated carbocycles. The average molecular weight is 374 g/mol. The smallest absolute Gasteiger partial charge is 0.264 e. The number of piperazine rings is 1. The van der Waals surface area contributed by atoms with Gasteiger partial charge in [0.2, 0.25) is 0 Å². The summed E-state index contributed by atoms with van der Waals surface area (Å²) in [5.41, 5.74) is 1.05. The zero-order chi connectivity index (χ0) is 18.1. The number of rotatable bonds is 4. The number of nitrogens with zero attached hydrogens (tertiary/aromatic N) is 5. The molecule has 6 nitrogen and oxygen atoms in total. The molecule has 0 aliphatic carbocycles. The molecule has 2 aliphatic rings. The third-order valence-corrected chi connectivity index (χ3v) is 6.69. The fourth-order valence-corrected chi connectivity index (χ4v) is 5.17. The highest BCUT2D eigenvalue weighted by molar-refractivity contribution is 7.20. The highest BCUT2D eigenvalue weighted by Crippen LogP contribution is 2.36. The number of hydrogen-bond acceptors (Lipinski definition) is 6. The number of thiophene rings is 1. The van der Waals surface area contributed by atoms with E-state index in [9.17, 15) is 4.79 Å². The zero-order valence-corrected chi connectivity index (χ0v) is 16.5. The Morgan fingerprint density at radius 2 is 1.85 bits per heavy atom. The molecule has 2 aliphatic heterocycles. The molecule has 0 N–H and O–H groups in total. The summed E-state index contributed by atoms with van der Waals surface area (Å²) in [5, 5.41) is 1.07. The van der Waals surface area contributed by atoms with E-state index in [0.29, 0.717) is 0 Å². The van der Waals surface area contributed by atoms with Crippen molar-refractivity contribution in [3.8, 4) is 0 Å². The van der Waals surface area contributed by atoms with Gasteiger partial charge in [-0.3, -0.25) is 9.69 Å². The third-order valence-electron chi connectivity index (χ3n) is 5.51. The van der Waals surface area contributed by atoms with Crippen LogP contribution in [-0.2, 0) is 0 Å². The standard InChI is InChI=1S/C19H27N5OS/c1-3-6-22-9-11-23(12-10-22)17-15-14(2)16(26-18(15)21-13-20-17)19(25)24-7-4-5-8-24/h13H,3-12H2,1-2H3. The van der Waals surface area contributed by atoms with Crippen LogP contribution in [0.2, 0.25) is 0 Å². The van der Waals surface area contributed by atoms with E-state index in [4.69, 9.17) is 0 Å². The molecule has 7 heteroatoms. The van der Waals surface area contributed by atoms with E-state index in [1.54, 1.807) is 6.33 Å². The van der Waals surface area contributed by atoms with Crippen LogP contribution in [0.3, 0.4) is 0 Å². The Labute approximate surface area is 158 Å². The van der Waals surface area contributed by atoms with Crippen molar-refractivity contribution >= 4 is 33.3 Å². The molecule has 0 radical (unpaired) electrons. The van der Waals surface area contributed by atoms with Gasteiger partial charge in [-0.1, -0.05) is 6.92 Å². The van der Waals surface area contributed by atoms with E-state index >= 15 is 0 Å². The molecular formula is C19H27N5OS. The van der Waals surface area contributed by atoms with Crippen molar-refractivity contribution in [2.75, 3.05) is 50.7 Å². The lowest BCUT2D eigenvalue weighted by molar-refractivity contribution is 0.0797. The first-order valence-electron chi connectivity index (χ1n) is 9.69. The fraction of sp³-hybridized carbons (Fsp3) is 0.632. The number of hydrogen-bond donors (Lipinski definition) is 0. The van der Waals surface area contributed by atoms with Crippen molar-refractivity contribution in [2.45, 2.75) is 33.1 Å². The monoisotopic (exact) mass is 373 g/mol. The average Bonchev–Trinajstić information content (AvgIpc) is 3.31. The van der Waals surface area contributed by atoms with Crippen molar-refractivity contribution in [1.29, 1.82) is 0 Å². The number of aromatic nitrogens is 2. The van der Waals surface area contributed by atoms with Gasteiger partial charge in [0.25, 0.3) is 5.91 Å². The van der Waals surface area contributed by atoms with E-state index in [1.165, 1.54) is 24.3 Å². The fourth-order valence-electron chi connectivity index (χ4n) is 4.06. The van der Waals surface area contributed by atoms with Crippen LogP contribution in [0.1, 0.15) is 41.4 Å². The molecule has 2 saturated heterocycles. The Balaban J connectivity index is 1.63. The summed E-state index contributed by atoms with van der Waals surface area (Å²) < 4.78 is 0. The van der Waals surface area contributed by atoms with Crippen molar-refractivity contribution in [1.82, 2.24) is 19.8 Å². The van der Waals surface area contributed by atoms with Crippen LogP contribution in [-0.4, -0.2) is 71.5 Å². The Hall–Kier alpha value is -1.73. The number of aryl methyl sites for hydroxylation is 1. The molecule has 0 atom stereocenters. The Kier molecular flexibility index (Phi) is 5.09. The van der Waals surface area contributed by atoms with Crippen LogP contribution in [0.25, 0.3) is 10.2 Å². The van der Waals surface area contributed by atoms with Gasteiger partial charge in [0.15, 0.2) is 0 Å². The molecule has 1 amide bonds. The van der Waals surface area contributed by atoms with E-state index in [0.717, 1.165) is 78.6 Å². The first kappa shape index (κ1) is 17.7. The first-order valence-corrected chi connectivity index (χ1v) is 10.5. The number of carbonyl (C=O) groups excluding carboxylic acids is 1. The summed E-state index contributed by atoms with van der Waals surface area (Å²) >= 11 is 1.53. The minimum absolute atomic E-state index is 0.168. The predicted octanol–water partition coefficient (Wildman–Crippen LogP) is 2.77. The summed E-state index contributed by atoms with van der Waals surface area (Å²) in [7, 11) is 0. The number of amides is 1. The minimum Gasteiger partial charge on any atom is -0.353 e. The quantitative estimate of drug-likeness (QED) is 0.825. The van der Waals surface area contributed by atoms with E-state index in [1.807, 2.05) is 4.90 Å². The van der Waals surface area contributed by atoms with Gasteiger partial charge in [0.1, 0.15) is 17.0 Å². The molecule has 4 rings (SSSR count). The van der Waals surface area contributed by atoms with Crippen LogP contribution < -0.4 is 4.90 Å². The zero-order valence-electron chi connectivity index (χ0n) is 15.7. The normalized spacial score (nSPS) is 18.8. The van der Waals surface area contributed by atoms with Gasteiger partial charge in [0, 0.05) is 39.3 Å². The number of likely N-dealkylation sites (tertiary alicyclic amines) is 1. The van der Waals surface area contributed by atoms with Crippen molar-refractivity contribution < 1.29 is 4.79 Å². The van der Waals surface area contributed by atoms with Gasteiger partial charge in [-0.2, -0.15) is 0 Å².